The van der Waals surface area contributed by atoms with E-state index in [4.69, 9.17) is 31.7 Å². The van der Waals surface area contributed by atoms with Crippen LogP contribution in [-0.4, -0.2) is 109 Å². The van der Waals surface area contributed by atoms with Crippen molar-refractivity contribution < 1.29 is 39.5 Å². The molecule has 2 aromatic rings. The Kier molecular flexibility index (Phi) is 16.5. The molecule has 10 bridgehead atoms. The van der Waals surface area contributed by atoms with Crippen molar-refractivity contribution in [3.63, 3.8) is 0 Å². The number of aliphatic hydroxyl groups excluding tert-OH is 3. The number of rotatable bonds is 7. The lowest BCUT2D eigenvalue weighted by Crippen LogP contribution is -2.56. The molecule has 6 spiro atoms. The van der Waals surface area contributed by atoms with Gasteiger partial charge in [-0.1, -0.05) is 77.3 Å². The first-order valence-electron chi connectivity index (χ1n) is 36.1. The molecule has 1 saturated heterocycles. The van der Waals surface area contributed by atoms with E-state index in [-0.39, 0.29) is 105 Å². The van der Waals surface area contributed by atoms with E-state index in [1.807, 2.05) is 26.5 Å². The highest BCUT2D eigenvalue weighted by Gasteiger charge is 2.73. The second-order valence-corrected chi connectivity index (χ2v) is 35.1. The summed E-state index contributed by atoms with van der Waals surface area (Å²) >= 11 is 0. The molecule has 6 aliphatic heterocycles. The van der Waals surface area contributed by atoms with Crippen molar-refractivity contribution in [2.24, 2.45) is 95.7 Å². The maximum Gasteiger partial charge on any atom is 0.303 e. The first-order chi connectivity index (χ1) is 43.9. The standard InChI is InChI=1S/C74H105N7O8S2/c1-46(83)88-69-31-19-48-35-52(62(86)63-60(48)49-20-33-73(89-63)28-7-13-53(73)36-49)42-81-45-70(39-59(81)85)54(16-17-57(70)47-11-3-2-4-12-47)41-79-66(77)80-74(29-8-25-68(74)23-5-6-24-68)91-90-43-55-15-14-50(56(21-32-69)58(84)38-69)37-71(55)26-9-27-72(71)44-67(22-10-34-82)30-18-51(40-78-65(75)76)61(67)64(72)87/h2-4,11-12,20,33,35,49-51,53-58,61,64,82,84,86-87H,5-10,13-19,21-32,34,36-45H2,1H3,(H4,75,76,78)(H3,77,79,80). The Balaban J connectivity index is 0.829. The van der Waals surface area contributed by atoms with Crippen LogP contribution in [0.1, 0.15) is 227 Å². The van der Waals surface area contributed by atoms with E-state index in [1.54, 1.807) is 0 Å². The number of aryl methyl sites for hydroxylation is 1. The Bertz CT molecular complexity index is 3190. The van der Waals surface area contributed by atoms with Crippen molar-refractivity contribution in [2.45, 2.75) is 246 Å². The molecule has 10 aliphatic carbocycles. The van der Waals surface area contributed by atoms with Crippen LogP contribution < -0.4 is 27.3 Å². The largest absolute Gasteiger partial charge is 0.504 e. The third kappa shape index (κ3) is 10.2. The van der Waals surface area contributed by atoms with Crippen LogP contribution in [-0.2, 0) is 27.3 Å². The average molecular weight is 1280 g/mol. The quantitative estimate of drug-likeness (QED) is 0.0422. The molecule has 1 amide bonds. The van der Waals surface area contributed by atoms with Gasteiger partial charge < -0.3 is 57.3 Å². The Morgan fingerprint density at radius 2 is 1.68 bits per heavy atom. The summed E-state index contributed by atoms with van der Waals surface area (Å²) in [5.41, 5.74) is 21.1. The summed E-state index contributed by atoms with van der Waals surface area (Å²) in [6.07, 6.45) is 31.0. The number of nitrogens with zero attached hydrogens (tertiary/aromatic N) is 3. The number of fused-ring (bicyclic) bond motifs is 2. The van der Waals surface area contributed by atoms with Crippen LogP contribution in [0.2, 0.25) is 0 Å². The van der Waals surface area contributed by atoms with E-state index in [0.717, 1.165) is 139 Å². The number of nitrogens with two attached hydrogens (primary N) is 3. The fourth-order valence-corrected chi connectivity index (χ4v) is 28.9. The zero-order valence-corrected chi connectivity index (χ0v) is 55.9. The van der Waals surface area contributed by atoms with Crippen molar-refractivity contribution >= 4 is 45.4 Å². The fraction of sp³-hybridized carbons (Fsp3) is 0.757. The molecule has 18 unspecified atom stereocenters. The summed E-state index contributed by atoms with van der Waals surface area (Å²) in [4.78, 5) is 40.4. The molecule has 17 heteroatoms. The van der Waals surface area contributed by atoms with Gasteiger partial charge in [0.1, 0.15) is 16.1 Å². The minimum atomic E-state index is -0.916. The lowest BCUT2D eigenvalue weighted by molar-refractivity contribution is -0.173. The predicted molar refractivity (Wildman–Crippen MR) is 359 cm³/mol. The van der Waals surface area contributed by atoms with Crippen molar-refractivity contribution in [3.8, 4) is 11.5 Å². The summed E-state index contributed by atoms with van der Waals surface area (Å²) in [5, 5.41) is 54.3. The molecule has 15 nitrogen and oxygen atoms in total. The second-order valence-electron chi connectivity index (χ2n) is 32.5. The SMILES string of the molecule is CC(=O)OC12CCc3cc(c(O)c4c3C3C=CC5(CCCC5C3)O4)CN3CC4(CC3=O)C(CCC4c3ccccc3)CN=C(N)NC3(CCCC34CCCC4)SSCC3CCC(CC34CCCC43CC4(CCCO)CCC(CN=C(N)N)C4C3O)C(CC1)C(O)C2. The Morgan fingerprint density at radius 1 is 0.879 bits per heavy atom. The van der Waals surface area contributed by atoms with Gasteiger partial charge in [-0.25, -0.2) is 0 Å². The highest BCUT2D eigenvalue weighted by atomic mass is 33.1. The maximum atomic E-state index is 15.1. The van der Waals surface area contributed by atoms with E-state index in [2.05, 4.69) is 58.9 Å². The number of phenols is 1. The number of hydrogen-bond acceptors (Lipinski definition) is 14. The number of carbonyl (C=O) groups is 2. The monoisotopic (exact) mass is 1280 g/mol. The van der Waals surface area contributed by atoms with Gasteiger partial charge in [-0.15, -0.1) is 0 Å². The molecule has 11 N–H and O–H groups in total. The lowest BCUT2D eigenvalue weighted by atomic mass is 9.48. The molecule has 6 heterocycles. The van der Waals surface area contributed by atoms with Gasteiger partial charge in [0, 0.05) is 97.5 Å². The smallest absolute Gasteiger partial charge is 0.303 e. The summed E-state index contributed by atoms with van der Waals surface area (Å²) in [6, 6.07) is 13.0. The van der Waals surface area contributed by atoms with E-state index < -0.39 is 28.8 Å². The van der Waals surface area contributed by atoms with Crippen LogP contribution in [0, 0.1) is 68.5 Å². The number of amides is 1. The summed E-state index contributed by atoms with van der Waals surface area (Å²) < 4.78 is 13.9. The van der Waals surface area contributed by atoms with Crippen LogP contribution in [0.15, 0.2) is 58.5 Å². The molecule has 18 rings (SSSR count). The number of nitrogens with one attached hydrogen (secondary N) is 1. The first kappa shape index (κ1) is 62.9. The van der Waals surface area contributed by atoms with E-state index in [9.17, 15) is 25.2 Å². The minimum absolute atomic E-state index is 0.00220. The Morgan fingerprint density at radius 3 is 2.48 bits per heavy atom. The fourth-order valence-electron chi connectivity index (χ4n) is 24.9. The van der Waals surface area contributed by atoms with Crippen LogP contribution in [0.4, 0.5) is 0 Å². The van der Waals surface area contributed by atoms with E-state index >= 15 is 4.79 Å². The number of aliphatic imine (C=N–C) groups is 2. The normalized spacial score (nSPS) is 43.0. The number of guanidine groups is 2. The minimum Gasteiger partial charge on any atom is -0.504 e. The van der Waals surface area contributed by atoms with Crippen LogP contribution in [0.25, 0.3) is 0 Å². The molecule has 10 fully saturated rings. The van der Waals surface area contributed by atoms with Crippen LogP contribution >= 0.6 is 21.6 Å². The van der Waals surface area contributed by atoms with Gasteiger partial charge >= 0.3 is 5.97 Å². The van der Waals surface area contributed by atoms with Gasteiger partial charge in [0.15, 0.2) is 23.4 Å². The Labute approximate surface area is 548 Å². The molecule has 0 radical (unpaired) electrons. The molecule has 91 heavy (non-hydrogen) atoms. The van der Waals surface area contributed by atoms with Crippen LogP contribution in [0.3, 0.4) is 0 Å². The maximum absolute atomic E-state index is 15.1. The van der Waals surface area contributed by atoms with Gasteiger partial charge in [0.2, 0.25) is 5.91 Å². The summed E-state index contributed by atoms with van der Waals surface area (Å²) in [6.45, 7) is 3.45. The molecule has 9 saturated carbocycles. The van der Waals surface area contributed by atoms with Gasteiger partial charge in [0.05, 0.1) is 12.2 Å². The van der Waals surface area contributed by atoms with E-state index in [1.165, 1.54) is 44.6 Å². The average Bonchev–Trinajstić information content (AvgIpc) is 1.53. The second kappa shape index (κ2) is 23.9. The third-order valence-electron chi connectivity index (χ3n) is 28.7. The highest BCUT2D eigenvalue weighted by Crippen LogP contribution is 2.78. The third-order valence-corrected chi connectivity index (χ3v) is 32.0. The van der Waals surface area contributed by atoms with Gasteiger partial charge in [-0.3, -0.25) is 19.6 Å². The Hall–Kier alpha value is -4.16. The predicted octanol–water partition coefficient (Wildman–Crippen LogP) is 11.8. The summed E-state index contributed by atoms with van der Waals surface area (Å²) in [7, 11) is 4.10. The number of aliphatic hydroxyl groups is 3. The van der Waals surface area contributed by atoms with Crippen molar-refractivity contribution in [1.82, 2.24) is 10.2 Å². The molecule has 0 aromatic heterocycles. The molecular weight excluding hydrogens is 1180 g/mol. The number of hydrogen-bond donors (Lipinski definition) is 8. The highest BCUT2D eigenvalue weighted by molar-refractivity contribution is 8.77. The number of carbonyl (C=O) groups excluding carboxylic acids is 2. The zero-order chi connectivity index (χ0) is 62.8. The van der Waals surface area contributed by atoms with Gasteiger partial charge in [-0.2, -0.15) is 0 Å². The van der Waals surface area contributed by atoms with Gasteiger partial charge in [-0.05, 0) is 236 Å². The van der Waals surface area contributed by atoms with Crippen LogP contribution in [0.5, 0.6) is 11.5 Å². The van der Waals surface area contributed by atoms with Crippen molar-refractivity contribution in [2.75, 3.05) is 32.0 Å². The number of benzene rings is 2. The number of aromatic hydroxyl groups is 1. The number of phenolic OH excluding ortho intramolecular Hbond substituents is 1. The van der Waals surface area contributed by atoms with Gasteiger partial charge in [0.25, 0.3) is 0 Å². The molecular formula is C74H105N7O8S2. The molecule has 18 atom stereocenters. The van der Waals surface area contributed by atoms with Crippen molar-refractivity contribution in [3.05, 3.63) is 70.8 Å². The van der Waals surface area contributed by atoms with Crippen molar-refractivity contribution in [1.29, 1.82) is 0 Å². The molecule has 16 aliphatic rings. The zero-order valence-electron chi connectivity index (χ0n) is 54.2. The lowest BCUT2D eigenvalue weighted by Gasteiger charge is -2.58. The topological polar surface area (TPSA) is 252 Å². The molecule has 2 aromatic carbocycles. The number of esters is 1. The summed E-state index contributed by atoms with van der Waals surface area (Å²) in [5.74, 6) is 3.32. The first-order valence-corrected chi connectivity index (χ1v) is 38.4. The number of ether oxygens (including phenoxy) is 2. The number of allylic oxidation sites excluding steroid dienone is 1. The van der Waals surface area contributed by atoms with E-state index in [0.29, 0.717) is 87.3 Å². The molecule has 496 valence electrons.